The fourth-order valence-corrected chi connectivity index (χ4v) is 2.14. The fraction of sp³-hybridized carbons (Fsp3) is 0.700. The van der Waals surface area contributed by atoms with Crippen molar-refractivity contribution < 1.29 is 0 Å². The summed E-state index contributed by atoms with van der Waals surface area (Å²) in [5.74, 6) is 0.664. The summed E-state index contributed by atoms with van der Waals surface area (Å²) in [7, 11) is 0. The maximum Gasteiger partial charge on any atom is 0.0654 e. The van der Waals surface area contributed by atoms with Gasteiger partial charge in [-0.15, -0.1) is 0 Å². The standard InChI is InChI=1S/C10H17N3/c1-2-9-8-4-3-7(6-11)5-10(8)13-12-9/h7H,2-6,11H2,1H3,(H,12,13). The zero-order chi connectivity index (χ0) is 9.26. The van der Waals surface area contributed by atoms with E-state index in [9.17, 15) is 0 Å². The molecule has 0 fully saturated rings. The van der Waals surface area contributed by atoms with Crippen LogP contribution in [0.3, 0.4) is 0 Å². The Labute approximate surface area is 78.7 Å². The zero-order valence-corrected chi connectivity index (χ0v) is 8.14. The number of nitrogens with two attached hydrogens (primary N) is 1. The number of H-pyrrole nitrogens is 1. The number of hydrogen-bond donors (Lipinski definition) is 2. The molecule has 13 heavy (non-hydrogen) atoms. The maximum absolute atomic E-state index is 5.67. The Balaban J connectivity index is 2.22. The predicted octanol–water partition coefficient (Wildman–Crippen LogP) is 1.04. The lowest BCUT2D eigenvalue weighted by Crippen LogP contribution is -2.22. The summed E-state index contributed by atoms with van der Waals surface area (Å²) in [6.45, 7) is 2.96. The molecule has 0 amide bonds. The smallest absolute Gasteiger partial charge is 0.0654 e. The van der Waals surface area contributed by atoms with Crippen molar-refractivity contribution in [1.82, 2.24) is 10.2 Å². The van der Waals surface area contributed by atoms with Crippen LogP contribution in [-0.2, 0) is 19.3 Å². The molecule has 0 saturated carbocycles. The second-order valence-corrected chi connectivity index (χ2v) is 3.83. The Morgan fingerprint density at radius 3 is 3.15 bits per heavy atom. The summed E-state index contributed by atoms with van der Waals surface area (Å²) in [4.78, 5) is 0. The number of aromatic nitrogens is 2. The molecule has 0 spiro atoms. The summed E-state index contributed by atoms with van der Waals surface area (Å²) in [5.41, 5.74) is 9.72. The summed E-state index contributed by atoms with van der Waals surface area (Å²) >= 11 is 0. The minimum absolute atomic E-state index is 0.664. The maximum atomic E-state index is 5.67. The van der Waals surface area contributed by atoms with Gasteiger partial charge in [0.1, 0.15) is 0 Å². The lowest BCUT2D eigenvalue weighted by atomic mass is 9.87. The second-order valence-electron chi connectivity index (χ2n) is 3.83. The highest BCUT2D eigenvalue weighted by Gasteiger charge is 2.21. The van der Waals surface area contributed by atoms with Crippen molar-refractivity contribution in [3.05, 3.63) is 17.0 Å². The molecular formula is C10H17N3. The third kappa shape index (κ3) is 1.48. The van der Waals surface area contributed by atoms with Crippen LogP contribution in [-0.4, -0.2) is 16.7 Å². The number of aryl methyl sites for hydroxylation is 1. The zero-order valence-electron chi connectivity index (χ0n) is 8.14. The average Bonchev–Trinajstić information content (AvgIpc) is 2.59. The minimum Gasteiger partial charge on any atom is -0.330 e. The summed E-state index contributed by atoms with van der Waals surface area (Å²) < 4.78 is 0. The molecule has 0 aromatic carbocycles. The molecule has 1 atom stereocenters. The van der Waals surface area contributed by atoms with Crippen molar-refractivity contribution in [2.45, 2.75) is 32.6 Å². The molecule has 1 unspecified atom stereocenters. The first-order valence-corrected chi connectivity index (χ1v) is 5.10. The highest BCUT2D eigenvalue weighted by molar-refractivity contribution is 5.28. The molecule has 3 N–H and O–H groups in total. The largest absolute Gasteiger partial charge is 0.330 e. The first-order chi connectivity index (χ1) is 6.35. The Morgan fingerprint density at radius 2 is 2.46 bits per heavy atom. The lowest BCUT2D eigenvalue weighted by Gasteiger charge is -2.20. The van der Waals surface area contributed by atoms with Crippen LogP contribution < -0.4 is 5.73 Å². The third-order valence-electron chi connectivity index (χ3n) is 3.00. The average molecular weight is 179 g/mol. The van der Waals surface area contributed by atoms with E-state index in [4.69, 9.17) is 5.73 Å². The Bertz CT molecular complexity index is 290. The van der Waals surface area contributed by atoms with E-state index in [0.29, 0.717) is 5.92 Å². The molecule has 1 aliphatic rings. The van der Waals surface area contributed by atoms with Gasteiger partial charge in [-0.1, -0.05) is 6.92 Å². The van der Waals surface area contributed by atoms with Crippen LogP contribution in [0.5, 0.6) is 0 Å². The minimum atomic E-state index is 0.664. The van der Waals surface area contributed by atoms with E-state index >= 15 is 0 Å². The SMILES string of the molecule is CCc1n[nH]c2c1CCC(CN)C2. The van der Waals surface area contributed by atoms with Gasteiger partial charge in [0.2, 0.25) is 0 Å². The first-order valence-electron chi connectivity index (χ1n) is 5.10. The fourth-order valence-electron chi connectivity index (χ4n) is 2.14. The van der Waals surface area contributed by atoms with Gasteiger partial charge >= 0.3 is 0 Å². The van der Waals surface area contributed by atoms with Gasteiger partial charge in [-0.05, 0) is 43.7 Å². The van der Waals surface area contributed by atoms with Crippen LogP contribution in [0.2, 0.25) is 0 Å². The molecule has 1 heterocycles. The van der Waals surface area contributed by atoms with E-state index in [1.165, 1.54) is 23.4 Å². The van der Waals surface area contributed by atoms with Gasteiger partial charge in [0.15, 0.2) is 0 Å². The number of nitrogens with zero attached hydrogens (tertiary/aromatic N) is 1. The molecule has 1 aromatic rings. The number of nitrogens with one attached hydrogen (secondary N) is 1. The quantitative estimate of drug-likeness (QED) is 0.712. The van der Waals surface area contributed by atoms with E-state index in [1.54, 1.807) is 0 Å². The Morgan fingerprint density at radius 1 is 1.62 bits per heavy atom. The van der Waals surface area contributed by atoms with Crippen LogP contribution in [0.15, 0.2) is 0 Å². The van der Waals surface area contributed by atoms with Gasteiger partial charge in [0, 0.05) is 5.69 Å². The topological polar surface area (TPSA) is 54.7 Å². The Kier molecular flexibility index (Phi) is 2.36. The van der Waals surface area contributed by atoms with E-state index in [0.717, 1.165) is 25.8 Å². The molecule has 0 bridgehead atoms. The predicted molar refractivity (Wildman–Crippen MR) is 52.5 cm³/mol. The third-order valence-corrected chi connectivity index (χ3v) is 3.00. The molecule has 1 aliphatic carbocycles. The van der Waals surface area contributed by atoms with E-state index in [-0.39, 0.29) is 0 Å². The van der Waals surface area contributed by atoms with Crippen molar-refractivity contribution in [2.75, 3.05) is 6.54 Å². The van der Waals surface area contributed by atoms with Gasteiger partial charge < -0.3 is 5.73 Å². The van der Waals surface area contributed by atoms with E-state index in [2.05, 4.69) is 17.1 Å². The van der Waals surface area contributed by atoms with E-state index < -0.39 is 0 Å². The molecule has 0 radical (unpaired) electrons. The number of rotatable bonds is 2. The summed E-state index contributed by atoms with van der Waals surface area (Å²) in [6.07, 6.45) is 4.53. The first kappa shape index (κ1) is 8.75. The molecular weight excluding hydrogens is 162 g/mol. The molecule has 1 aromatic heterocycles. The lowest BCUT2D eigenvalue weighted by molar-refractivity contribution is 0.463. The van der Waals surface area contributed by atoms with Crippen molar-refractivity contribution in [3.63, 3.8) is 0 Å². The summed E-state index contributed by atoms with van der Waals surface area (Å²) in [5, 5.41) is 7.46. The summed E-state index contributed by atoms with van der Waals surface area (Å²) in [6, 6.07) is 0. The van der Waals surface area contributed by atoms with Gasteiger partial charge in [0.25, 0.3) is 0 Å². The number of hydrogen-bond acceptors (Lipinski definition) is 2. The van der Waals surface area contributed by atoms with Crippen LogP contribution in [0.4, 0.5) is 0 Å². The van der Waals surface area contributed by atoms with Gasteiger partial charge in [-0.25, -0.2) is 0 Å². The highest BCUT2D eigenvalue weighted by atomic mass is 15.1. The molecule has 3 heteroatoms. The van der Waals surface area contributed by atoms with E-state index in [1.807, 2.05) is 0 Å². The van der Waals surface area contributed by atoms with Gasteiger partial charge in [0.05, 0.1) is 5.69 Å². The molecule has 72 valence electrons. The molecule has 0 aliphatic heterocycles. The van der Waals surface area contributed by atoms with Crippen LogP contribution >= 0.6 is 0 Å². The van der Waals surface area contributed by atoms with Crippen molar-refractivity contribution in [1.29, 1.82) is 0 Å². The van der Waals surface area contributed by atoms with Crippen molar-refractivity contribution >= 4 is 0 Å². The van der Waals surface area contributed by atoms with Crippen molar-refractivity contribution in [3.8, 4) is 0 Å². The number of aromatic amines is 1. The highest BCUT2D eigenvalue weighted by Crippen LogP contribution is 2.25. The normalized spacial score (nSPS) is 21.5. The molecule has 2 rings (SSSR count). The Hall–Kier alpha value is -0.830. The van der Waals surface area contributed by atoms with Gasteiger partial charge in [-0.2, -0.15) is 5.10 Å². The second kappa shape index (κ2) is 3.50. The number of fused-ring (bicyclic) bond motifs is 1. The molecule has 0 saturated heterocycles. The van der Waals surface area contributed by atoms with Crippen LogP contribution in [0.1, 0.15) is 30.3 Å². The monoisotopic (exact) mass is 179 g/mol. The van der Waals surface area contributed by atoms with Crippen molar-refractivity contribution in [2.24, 2.45) is 11.7 Å². The molecule has 3 nitrogen and oxygen atoms in total. The van der Waals surface area contributed by atoms with Crippen LogP contribution in [0.25, 0.3) is 0 Å². The van der Waals surface area contributed by atoms with Crippen LogP contribution in [0, 0.1) is 5.92 Å². The van der Waals surface area contributed by atoms with Gasteiger partial charge in [-0.3, -0.25) is 5.10 Å².